The van der Waals surface area contributed by atoms with Crippen LogP contribution in [0, 0.1) is 19.8 Å². The van der Waals surface area contributed by atoms with Gasteiger partial charge in [0.1, 0.15) is 18.8 Å². The molecule has 1 atom stereocenters. The van der Waals surface area contributed by atoms with Gasteiger partial charge in [-0.25, -0.2) is 19.9 Å². The minimum Gasteiger partial charge on any atom is -0.375 e. The summed E-state index contributed by atoms with van der Waals surface area (Å²) in [6.07, 6.45) is 4.45. The van der Waals surface area contributed by atoms with Crippen molar-refractivity contribution < 1.29 is 9.53 Å². The fraction of sp³-hybridized carbons (Fsp3) is 0.526. The fourth-order valence-electron chi connectivity index (χ4n) is 3.44. The van der Waals surface area contributed by atoms with Crippen molar-refractivity contribution in [3.8, 4) is 0 Å². The molecule has 1 amide bonds. The van der Waals surface area contributed by atoms with Crippen LogP contribution < -0.4 is 5.32 Å². The summed E-state index contributed by atoms with van der Waals surface area (Å²) in [5.41, 5.74) is 2.76. The summed E-state index contributed by atoms with van der Waals surface area (Å²) in [4.78, 5) is 31.4. The number of carbonyl (C=O) groups is 1. The lowest BCUT2D eigenvalue weighted by molar-refractivity contribution is -0.136. The van der Waals surface area contributed by atoms with Crippen LogP contribution in [0.5, 0.6) is 0 Å². The number of rotatable bonds is 6. The molecule has 144 valence electrons. The molecule has 0 bridgehead atoms. The van der Waals surface area contributed by atoms with Crippen LogP contribution in [-0.4, -0.2) is 57.5 Å². The molecule has 1 saturated heterocycles. The number of amides is 1. The van der Waals surface area contributed by atoms with Gasteiger partial charge in [-0.15, -0.1) is 0 Å². The largest absolute Gasteiger partial charge is 0.375 e. The van der Waals surface area contributed by atoms with Gasteiger partial charge in [0.25, 0.3) is 0 Å². The van der Waals surface area contributed by atoms with Gasteiger partial charge in [0, 0.05) is 43.3 Å². The Morgan fingerprint density at radius 1 is 1.26 bits per heavy atom. The van der Waals surface area contributed by atoms with E-state index >= 15 is 0 Å². The van der Waals surface area contributed by atoms with E-state index in [0.717, 1.165) is 49.4 Å². The number of hydrogen-bond acceptors (Lipinski definition) is 7. The van der Waals surface area contributed by atoms with Crippen molar-refractivity contribution in [1.82, 2.24) is 24.8 Å². The quantitative estimate of drug-likeness (QED) is 0.832. The highest BCUT2D eigenvalue weighted by Crippen LogP contribution is 2.21. The molecule has 3 heterocycles. The second-order valence-corrected chi connectivity index (χ2v) is 6.98. The molecule has 1 N–H and O–H groups in total. The normalized spacial score (nSPS) is 17.0. The zero-order valence-electron chi connectivity index (χ0n) is 16.1. The number of aryl methyl sites for hydroxylation is 2. The number of nitrogens with zero attached hydrogens (tertiary/aromatic N) is 5. The average Bonchev–Trinajstić information content (AvgIpc) is 2.61. The predicted molar refractivity (Wildman–Crippen MR) is 102 cm³/mol. The Hall–Kier alpha value is -2.61. The number of nitrogens with one attached hydrogen (secondary N) is 1. The lowest BCUT2D eigenvalue weighted by Crippen LogP contribution is -2.42. The summed E-state index contributed by atoms with van der Waals surface area (Å²) in [5, 5.41) is 3.15. The first-order valence-electron chi connectivity index (χ1n) is 9.20. The number of likely N-dealkylation sites (tertiary alicyclic amines) is 1. The summed E-state index contributed by atoms with van der Waals surface area (Å²) in [5.74, 6) is 1.65. The number of carbonyl (C=O) groups excluding carboxylic acids is 1. The molecule has 27 heavy (non-hydrogen) atoms. The standard InChI is InChI=1S/C19H26N6O2/c1-13-7-14(2)23-19(22-13)24-17-9-16(20-12-21-17)8-15-5-4-6-25(10-15)18(26)11-27-3/h7,9,12,15H,4-6,8,10-11H2,1-3H3,(H,20,21,22,23,24)/t15-/m0/s1. The molecule has 0 radical (unpaired) electrons. The molecule has 0 saturated carbocycles. The highest BCUT2D eigenvalue weighted by molar-refractivity contribution is 5.77. The molecule has 1 aliphatic rings. The number of ether oxygens (including phenoxy) is 1. The van der Waals surface area contributed by atoms with E-state index in [0.29, 0.717) is 17.7 Å². The Labute approximate surface area is 159 Å². The second kappa shape index (κ2) is 8.85. The number of methoxy groups -OCH3 is 1. The zero-order chi connectivity index (χ0) is 19.2. The van der Waals surface area contributed by atoms with Crippen LogP contribution in [0.25, 0.3) is 0 Å². The number of hydrogen-bond donors (Lipinski definition) is 1. The van der Waals surface area contributed by atoms with Gasteiger partial charge < -0.3 is 15.0 Å². The molecule has 2 aromatic rings. The number of anilines is 2. The van der Waals surface area contributed by atoms with Crippen LogP contribution in [0.3, 0.4) is 0 Å². The van der Waals surface area contributed by atoms with Crippen LogP contribution in [0.2, 0.25) is 0 Å². The van der Waals surface area contributed by atoms with E-state index < -0.39 is 0 Å². The van der Waals surface area contributed by atoms with Crippen LogP contribution in [-0.2, 0) is 16.0 Å². The maximum Gasteiger partial charge on any atom is 0.248 e. The third-order valence-electron chi connectivity index (χ3n) is 4.58. The Morgan fingerprint density at radius 3 is 2.78 bits per heavy atom. The first-order chi connectivity index (χ1) is 13.0. The molecular weight excluding hydrogens is 344 g/mol. The highest BCUT2D eigenvalue weighted by atomic mass is 16.5. The third kappa shape index (κ3) is 5.43. The molecule has 8 heteroatoms. The van der Waals surface area contributed by atoms with Crippen LogP contribution >= 0.6 is 0 Å². The Bertz CT molecular complexity index is 777. The summed E-state index contributed by atoms with van der Waals surface area (Å²) in [6.45, 7) is 5.56. The van der Waals surface area contributed by atoms with Gasteiger partial charge in [-0.05, 0) is 45.1 Å². The third-order valence-corrected chi connectivity index (χ3v) is 4.58. The summed E-state index contributed by atoms with van der Waals surface area (Å²) in [6, 6.07) is 3.85. The van der Waals surface area contributed by atoms with Crippen molar-refractivity contribution in [1.29, 1.82) is 0 Å². The lowest BCUT2D eigenvalue weighted by Gasteiger charge is -2.32. The van der Waals surface area contributed by atoms with Crippen LogP contribution in [0.15, 0.2) is 18.5 Å². The smallest absolute Gasteiger partial charge is 0.248 e. The Morgan fingerprint density at radius 2 is 2.04 bits per heavy atom. The monoisotopic (exact) mass is 370 g/mol. The van der Waals surface area contributed by atoms with Crippen molar-refractivity contribution in [2.24, 2.45) is 5.92 Å². The van der Waals surface area contributed by atoms with Gasteiger partial charge >= 0.3 is 0 Å². The fourth-order valence-corrected chi connectivity index (χ4v) is 3.44. The van der Waals surface area contributed by atoms with Crippen molar-refractivity contribution in [3.05, 3.63) is 35.5 Å². The van der Waals surface area contributed by atoms with Gasteiger partial charge in [0.05, 0.1) is 0 Å². The molecule has 8 nitrogen and oxygen atoms in total. The van der Waals surface area contributed by atoms with Gasteiger partial charge in [0.2, 0.25) is 11.9 Å². The van der Waals surface area contributed by atoms with E-state index in [9.17, 15) is 4.79 Å². The minimum atomic E-state index is 0.0548. The Balaban J connectivity index is 1.64. The van der Waals surface area contributed by atoms with E-state index in [1.54, 1.807) is 13.4 Å². The zero-order valence-corrected chi connectivity index (χ0v) is 16.1. The summed E-state index contributed by atoms with van der Waals surface area (Å²) < 4.78 is 4.97. The second-order valence-electron chi connectivity index (χ2n) is 6.98. The van der Waals surface area contributed by atoms with E-state index in [1.165, 1.54) is 0 Å². The first kappa shape index (κ1) is 19.2. The summed E-state index contributed by atoms with van der Waals surface area (Å²) >= 11 is 0. The topological polar surface area (TPSA) is 93.1 Å². The van der Waals surface area contributed by atoms with E-state index in [1.807, 2.05) is 30.9 Å². The average molecular weight is 370 g/mol. The molecule has 3 rings (SSSR count). The van der Waals surface area contributed by atoms with Gasteiger partial charge in [-0.1, -0.05) is 0 Å². The van der Waals surface area contributed by atoms with Crippen molar-refractivity contribution >= 4 is 17.7 Å². The van der Waals surface area contributed by atoms with Gasteiger partial charge in [-0.2, -0.15) is 0 Å². The maximum absolute atomic E-state index is 12.1. The molecular formula is C19H26N6O2. The number of piperidine rings is 1. The van der Waals surface area contributed by atoms with Crippen molar-refractivity contribution in [2.75, 3.05) is 32.1 Å². The maximum atomic E-state index is 12.1. The van der Waals surface area contributed by atoms with Crippen molar-refractivity contribution in [3.63, 3.8) is 0 Å². The molecule has 0 aliphatic carbocycles. The van der Waals surface area contributed by atoms with E-state index in [-0.39, 0.29) is 12.5 Å². The van der Waals surface area contributed by atoms with E-state index in [2.05, 4.69) is 25.3 Å². The molecule has 2 aromatic heterocycles. The Kier molecular flexibility index (Phi) is 6.28. The molecule has 0 spiro atoms. The molecule has 1 fully saturated rings. The van der Waals surface area contributed by atoms with E-state index in [4.69, 9.17) is 4.74 Å². The molecule has 1 aliphatic heterocycles. The van der Waals surface area contributed by atoms with Gasteiger partial charge in [0.15, 0.2) is 0 Å². The molecule has 0 aromatic carbocycles. The predicted octanol–water partition coefficient (Wildman–Crippen LogP) is 2.05. The van der Waals surface area contributed by atoms with Crippen molar-refractivity contribution in [2.45, 2.75) is 33.1 Å². The van der Waals surface area contributed by atoms with Crippen LogP contribution in [0.1, 0.15) is 29.9 Å². The SMILES string of the molecule is COCC(=O)N1CCC[C@@H](Cc2cc(Nc3nc(C)cc(C)n3)ncn2)C1. The first-order valence-corrected chi connectivity index (χ1v) is 9.20. The highest BCUT2D eigenvalue weighted by Gasteiger charge is 2.24. The lowest BCUT2D eigenvalue weighted by atomic mass is 9.93. The minimum absolute atomic E-state index is 0.0548. The molecule has 0 unspecified atom stereocenters. The van der Waals surface area contributed by atoms with Crippen LogP contribution in [0.4, 0.5) is 11.8 Å². The summed E-state index contributed by atoms with van der Waals surface area (Å²) in [7, 11) is 1.55. The number of aromatic nitrogens is 4. The van der Waals surface area contributed by atoms with Gasteiger partial charge in [-0.3, -0.25) is 4.79 Å².